The number of aromatic nitrogens is 1. The molecule has 0 bridgehead atoms. The lowest BCUT2D eigenvalue weighted by atomic mass is 10.3. The minimum absolute atomic E-state index is 0.0497. The second-order valence-corrected chi connectivity index (χ2v) is 8.85. The highest BCUT2D eigenvalue weighted by atomic mass is 32.1. The Labute approximate surface area is 186 Å². The first-order valence-corrected chi connectivity index (χ1v) is 11.5. The zero-order valence-electron chi connectivity index (χ0n) is 16.3. The van der Waals surface area contributed by atoms with E-state index < -0.39 is 12.7 Å². The maximum Gasteiger partial charge on any atom is 0.566 e. The maximum absolute atomic E-state index is 13.4. The summed E-state index contributed by atoms with van der Waals surface area (Å²) in [4.78, 5) is 14.8. The highest BCUT2D eigenvalue weighted by Gasteiger charge is 2.29. The first-order valence-electron chi connectivity index (χ1n) is 9.17. The summed E-state index contributed by atoms with van der Waals surface area (Å²) in [5.41, 5.74) is 6.46. The number of rotatable bonds is 7. The SMILES string of the molecule is N/C(=N\P(=O)(Oc1ccccc1)Oc1ccccc1)Nc1nc2ccc([N+](=O)[O-])cc2s1. The molecule has 0 saturated carbocycles. The van der Waals surface area contributed by atoms with Crippen LogP contribution in [0.15, 0.2) is 83.6 Å². The fraction of sp³-hybridized carbons (Fsp3) is 0. The minimum atomic E-state index is -4.12. The van der Waals surface area contributed by atoms with E-state index in [9.17, 15) is 14.7 Å². The van der Waals surface area contributed by atoms with Crippen molar-refractivity contribution in [1.82, 2.24) is 4.98 Å². The number of nitro benzene ring substituents is 1. The Morgan fingerprint density at radius 2 is 1.62 bits per heavy atom. The monoisotopic (exact) mass is 469 g/mol. The zero-order valence-corrected chi connectivity index (χ0v) is 18.0. The second-order valence-electron chi connectivity index (χ2n) is 6.32. The van der Waals surface area contributed by atoms with Crippen LogP contribution in [0.3, 0.4) is 0 Å². The third-order valence-electron chi connectivity index (χ3n) is 3.98. The molecule has 32 heavy (non-hydrogen) atoms. The number of hydrogen-bond donors (Lipinski definition) is 2. The highest BCUT2D eigenvalue weighted by molar-refractivity contribution is 7.53. The van der Waals surface area contributed by atoms with Gasteiger partial charge >= 0.3 is 7.75 Å². The number of anilines is 1. The number of hydrogen-bond acceptors (Lipinski definition) is 7. The van der Waals surface area contributed by atoms with Gasteiger partial charge in [-0.3, -0.25) is 10.1 Å². The Bertz CT molecular complexity index is 1280. The molecule has 1 heterocycles. The molecule has 0 radical (unpaired) electrons. The lowest BCUT2D eigenvalue weighted by molar-refractivity contribution is -0.384. The van der Waals surface area contributed by atoms with E-state index in [-0.39, 0.29) is 23.1 Å². The van der Waals surface area contributed by atoms with E-state index in [1.165, 1.54) is 18.2 Å². The third-order valence-corrected chi connectivity index (χ3v) is 6.25. The van der Waals surface area contributed by atoms with Crippen molar-refractivity contribution in [3.05, 3.63) is 89.0 Å². The molecule has 162 valence electrons. The Morgan fingerprint density at radius 1 is 1.03 bits per heavy atom. The summed E-state index contributed by atoms with van der Waals surface area (Å²) in [5.74, 6) is 0.319. The number of benzene rings is 3. The Hall–Kier alpha value is -3.95. The summed E-state index contributed by atoms with van der Waals surface area (Å²) in [5, 5.41) is 14.0. The van der Waals surface area contributed by atoms with Crippen LogP contribution in [0.4, 0.5) is 10.8 Å². The molecule has 4 aromatic rings. The van der Waals surface area contributed by atoms with Crippen LogP contribution in [0.5, 0.6) is 11.5 Å². The van der Waals surface area contributed by atoms with Crippen LogP contribution < -0.4 is 20.1 Å². The number of nitro groups is 1. The average molecular weight is 469 g/mol. The predicted octanol–water partition coefficient (Wildman–Crippen LogP) is 5.20. The number of nitrogens with one attached hydrogen (secondary N) is 1. The predicted molar refractivity (Wildman–Crippen MR) is 123 cm³/mol. The van der Waals surface area contributed by atoms with Crippen molar-refractivity contribution in [2.75, 3.05) is 5.32 Å². The molecule has 0 unspecified atom stereocenters. The molecular formula is C20H16N5O5PS. The zero-order chi connectivity index (χ0) is 22.6. The van der Waals surface area contributed by atoms with Crippen LogP contribution in [-0.4, -0.2) is 15.9 Å². The Kier molecular flexibility index (Phi) is 6.02. The number of para-hydroxylation sites is 2. The van der Waals surface area contributed by atoms with Gasteiger partial charge in [0.05, 0.1) is 15.1 Å². The standard InChI is InChI=1S/C20H16N5O5PS/c21-19(23-20-22-17-12-11-14(25(26)27)13-18(17)32-20)24-31(28,29-15-7-3-1-4-8-15)30-16-9-5-2-6-10-16/h1-13H,(H3,21,22,23,24,28). The van der Waals surface area contributed by atoms with Crippen LogP contribution in [0.2, 0.25) is 0 Å². The molecule has 0 saturated heterocycles. The topological polar surface area (TPSA) is 142 Å². The number of guanidine groups is 1. The number of non-ortho nitro benzene ring substituents is 1. The largest absolute Gasteiger partial charge is 0.566 e. The molecule has 0 fully saturated rings. The van der Waals surface area contributed by atoms with E-state index in [0.29, 0.717) is 15.3 Å². The summed E-state index contributed by atoms with van der Waals surface area (Å²) in [6.45, 7) is 0. The molecule has 10 nitrogen and oxygen atoms in total. The number of fused-ring (bicyclic) bond motifs is 1. The van der Waals surface area contributed by atoms with Gasteiger partial charge in [-0.15, -0.1) is 4.76 Å². The molecule has 0 aliphatic rings. The van der Waals surface area contributed by atoms with Crippen molar-refractivity contribution in [1.29, 1.82) is 0 Å². The number of nitrogens with zero attached hydrogens (tertiary/aromatic N) is 3. The summed E-state index contributed by atoms with van der Waals surface area (Å²) < 4.78 is 29.0. The van der Waals surface area contributed by atoms with Gasteiger partial charge in [0.15, 0.2) is 5.13 Å². The molecule has 0 spiro atoms. The average Bonchev–Trinajstić information content (AvgIpc) is 3.15. The van der Waals surface area contributed by atoms with Crippen molar-refractivity contribution in [3.63, 3.8) is 0 Å². The van der Waals surface area contributed by atoms with Crippen molar-refractivity contribution >= 4 is 46.1 Å². The Morgan fingerprint density at radius 3 is 2.19 bits per heavy atom. The lowest BCUT2D eigenvalue weighted by Gasteiger charge is -2.16. The lowest BCUT2D eigenvalue weighted by Crippen LogP contribution is -2.23. The highest BCUT2D eigenvalue weighted by Crippen LogP contribution is 2.50. The van der Waals surface area contributed by atoms with Gasteiger partial charge in [0, 0.05) is 12.1 Å². The normalized spacial score (nSPS) is 11.8. The van der Waals surface area contributed by atoms with E-state index in [0.717, 1.165) is 11.3 Å². The second kappa shape index (κ2) is 9.04. The molecule has 1 aromatic heterocycles. The van der Waals surface area contributed by atoms with Gasteiger partial charge in [-0.2, -0.15) is 0 Å². The van der Waals surface area contributed by atoms with Crippen LogP contribution in [0.25, 0.3) is 10.2 Å². The maximum atomic E-state index is 13.4. The smallest absolute Gasteiger partial charge is 0.399 e. The van der Waals surface area contributed by atoms with Gasteiger partial charge in [-0.25, -0.2) is 9.55 Å². The first kappa shape index (κ1) is 21.3. The molecule has 0 amide bonds. The first-order chi connectivity index (χ1) is 15.4. The van der Waals surface area contributed by atoms with Crippen LogP contribution in [0.1, 0.15) is 0 Å². The van der Waals surface area contributed by atoms with Gasteiger partial charge in [-0.05, 0) is 30.3 Å². The van der Waals surface area contributed by atoms with E-state index in [1.807, 2.05) is 0 Å². The van der Waals surface area contributed by atoms with E-state index in [2.05, 4.69) is 15.1 Å². The fourth-order valence-electron chi connectivity index (χ4n) is 2.64. The van der Waals surface area contributed by atoms with E-state index in [1.54, 1.807) is 60.7 Å². The summed E-state index contributed by atoms with van der Waals surface area (Å²) >= 11 is 1.13. The van der Waals surface area contributed by atoms with E-state index in [4.69, 9.17) is 14.8 Å². The minimum Gasteiger partial charge on any atom is -0.399 e. The summed E-state index contributed by atoms with van der Waals surface area (Å²) in [7, 11) is -4.12. The third kappa shape index (κ3) is 5.20. The number of nitrogens with two attached hydrogens (primary N) is 1. The Balaban J connectivity index is 1.61. The molecule has 4 rings (SSSR count). The molecule has 0 aliphatic heterocycles. The van der Waals surface area contributed by atoms with Crippen LogP contribution in [0, 0.1) is 10.1 Å². The van der Waals surface area contributed by atoms with Crippen LogP contribution in [-0.2, 0) is 4.57 Å². The van der Waals surface area contributed by atoms with Crippen LogP contribution >= 0.6 is 19.1 Å². The summed E-state index contributed by atoms with van der Waals surface area (Å²) in [6, 6.07) is 21.2. The van der Waals surface area contributed by atoms with Gasteiger partial charge in [-0.1, -0.05) is 47.7 Å². The van der Waals surface area contributed by atoms with Gasteiger partial charge < -0.3 is 20.1 Å². The summed E-state index contributed by atoms with van der Waals surface area (Å²) in [6.07, 6.45) is 0. The van der Waals surface area contributed by atoms with Crippen molar-refractivity contribution in [3.8, 4) is 11.5 Å². The van der Waals surface area contributed by atoms with Crippen molar-refractivity contribution < 1.29 is 18.5 Å². The molecule has 12 heteroatoms. The quantitative estimate of drug-likeness (QED) is 0.124. The fourth-order valence-corrected chi connectivity index (χ4v) is 4.75. The molecule has 3 N–H and O–H groups in total. The van der Waals surface area contributed by atoms with E-state index >= 15 is 0 Å². The van der Waals surface area contributed by atoms with Gasteiger partial charge in [0.25, 0.3) is 5.69 Å². The molecular weight excluding hydrogens is 453 g/mol. The molecule has 3 aromatic carbocycles. The van der Waals surface area contributed by atoms with Crippen molar-refractivity contribution in [2.45, 2.75) is 0 Å². The van der Waals surface area contributed by atoms with Gasteiger partial charge in [0.2, 0.25) is 5.96 Å². The van der Waals surface area contributed by atoms with Crippen molar-refractivity contribution in [2.24, 2.45) is 10.5 Å². The number of thiazole rings is 1. The molecule has 0 atom stereocenters. The molecule has 0 aliphatic carbocycles. The van der Waals surface area contributed by atoms with Gasteiger partial charge in [0.1, 0.15) is 11.5 Å².